The van der Waals surface area contributed by atoms with Gasteiger partial charge in [0, 0.05) is 20.2 Å². The van der Waals surface area contributed by atoms with E-state index >= 15 is 0 Å². The third-order valence-electron chi connectivity index (χ3n) is 3.00. The fourth-order valence-electron chi connectivity index (χ4n) is 1.87. The van der Waals surface area contributed by atoms with Gasteiger partial charge in [0.1, 0.15) is 10.7 Å². The average molecular weight is 282 g/mol. The zero-order valence-electron chi connectivity index (χ0n) is 11.8. The predicted molar refractivity (Wildman–Crippen MR) is 81.7 cm³/mol. The minimum absolute atomic E-state index is 0.357. The first-order valence-electron chi connectivity index (χ1n) is 6.30. The van der Waals surface area contributed by atoms with Gasteiger partial charge in [0.25, 0.3) is 0 Å². The van der Waals surface area contributed by atoms with Crippen molar-refractivity contribution in [3.63, 3.8) is 0 Å². The third kappa shape index (κ3) is 4.78. The van der Waals surface area contributed by atoms with E-state index in [2.05, 4.69) is 11.8 Å². The molecular formula is C14H22N2O2S. The summed E-state index contributed by atoms with van der Waals surface area (Å²) < 4.78 is 10.4. The molecular weight excluding hydrogens is 260 g/mol. The number of ether oxygens (including phenoxy) is 2. The van der Waals surface area contributed by atoms with Crippen molar-refractivity contribution in [3.8, 4) is 5.75 Å². The Balaban J connectivity index is 2.81. The van der Waals surface area contributed by atoms with Crippen molar-refractivity contribution in [3.05, 3.63) is 29.3 Å². The molecule has 0 saturated carbocycles. The van der Waals surface area contributed by atoms with E-state index in [0.717, 1.165) is 37.6 Å². The summed E-state index contributed by atoms with van der Waals surface area (Å²) in [5.74, 6) is 0.729. The van der Waals surface area contributed by atoms with Gasteiger partial charge in [-0.3, -0.25) is 4.90 Å². The van der Waals surface area contributed by atoms with E-state index in [9.17, 15) is 0 Å². The Bertz CT molecular complexity index is 424. The molecule has 4 nitrogen and oxygen atoms in total. The largest absolute Gasteiger partial charge is 0.496 e. The molecule has 0 aliphatic carbocycles. The molecule has 0 radical (unpaired) electrons. The fourth-order valence-corrected chi connectivity index (χ4v) is 2.03. The first kappa shape index (κ1) is 15.9. The van der Waals surface area contributed by atoms with Crippen molar-refractivity contribution in [2.75, 3.05) is 33.9 Å². The number of rotatable bonds is 8. The first-order valence-corrected chi connectivity index (χ1v) is 6.71. The van der Waals surface area contributed by atoms with Crippen molar-refractivity contribution in [2.45, 2.75) is 13.5 Å². The number of benzene rings is 1. The van der Waals surface area contributed by atoms with E-state index in [-0.39, 0.29) is 0 Å². The molecule has 5 heteroatoms. The number of methoxy groups -OCH3 is 2. The number of thiocarbonyl (C=S) groups is 1. The predicted octanol–water partition coefficient (Wildman–Crippen LogP) is 1.80. The van der Waals surface area contributed by atoms with E-state index < -0.39 is 0 Å². The molecule has 0 atom stereocenters. The summed E-state index contributed by atoms with van der Waals surface area (Å²) in [4.78, 5) is 2.66. The van der Waals surface area contributed by atoms with E-state index in [1.165, 1.54) is 5.56 Å². The highest BCUT2D eigenvalue weighted by Crippen LogP contribution is 2.21. The maximum atomic E-state index is 5.66. The van der Waals surface area contributed by atoms with Crippen molar-refractivity contribution < 1.29 is 9.47 Å². The highest BCUT2D eigenvalue weighted by molar-refractivity contribution is 7.80. The molecule has 0 bridgehead atoms. The van der Waals surface area contributed by atoms with Crippen LogP contribution in [0.2, 0.25) is 0 Å². The number of likely N-dealkylation sites (N-methyl/N-ethyl adjacent to an activating group) is 1. The Labute approximate surface area is 120 Å². The Morgan fingerprint density at radius 3 is 2.63 bits per heavy atom. The Morgan fingerprint density at radius 1 is 1.37 bits per heavy atom. The molecule has 106 valence electrons. The fraction of sp³-hybridized carbons (Fsp3) is 0.500. The standard InChI is InChI=1S/C14H22N2O2S/c1-4-16(7-8-17-2)10-11-5-6-12(14(15)19)13(9-11)18-3/h5-6,9H,4,7-8,10H2,1-3H3,(H2,15,19). The third-order valence-corrected chi connectivity index (χ3v) is 3.22. The van der Waals surface area contributed by atoms with Gasteiger partial charge in [0.15, 0.2) is 0 Å². The zero-order chi connectivity index (χ0) is 14.3. The lowest BCUT2D eigenvalue weighted by molar-refractivity contribution is 0.147. The molecule has 1 rings (SSSR count). The maximum Gasteiger partial charge on any atom is 0.129 e. The van der Waals surface area contributed by atoms with Crippen LogP contribution in [0.5, 0.6) is 5.75 Å². The summed E-state index contributed by atoms with van der Waals surface area (Å²) in [6.07, 6.45) is 0. The van der Waals surface area contributed by atoms with Crippen molar-refractivity contribution >= 4 is 17.2 Å². The monoisotopic (exact) mass is 282 g/mol. The molecule has 1 aromatic rings. The Kier molecular flexibility index (Phi) is 6.77. The molecule has 0 aliphatic heterocycles. The van der Waals surface area contributed by atoms with Crippen LogP contribution in [-0.2, 0) is 11.3 Å². The lowest BCUT2D eigenvalue weighted by Gasteiger charge is -2.20. The highest BCUT2D eigenvalue weighted by Gasteiger charge is 2.09. The maximum absolute atomic E-state index is 5.66. The van der Waals surface area contributed by atoms with Crippen LogP contribution in [0.15, 0.2) is 18.2 Å². The second-order valence-electron chi connectivity index (χ2n) is 4.26. The van der Waals surface area contributed by atoms with Gasteiger partial charge in [0.05, 0.1) is 19.3 Å². The van der Waals surface area contributed by atoms with Crippen LogP contribution in [0.25, 0.3) is 0 Å². The van der Waals surface area contributed by atoms with Crippen molar-refractivity contribution in [1.29, 1.82) is 0 Å². The molecule has 0 unspecified atom stereocenters. The van der Waals surface area contributed by atoms with Crippen LogP contribution in [0.1, 0.15) is 18.1 Å². The number of hydrogen-bond donors (Lipinski definition) is 1. The zero-order valence-corrected chi connectivity index (χ0v) is 12.6. The van der Waals surface area contributed by atoms with Crippen LogP contribution >= 0.6 is 12.2 Å². The lowest BCUT2D eigenvalue weighted by Crippen LogP contribution is -2.26. The van der Waals surface area contributed by atoms with E-state index in [1.807, 2.05) is 18.2 Å². The second-order valence-corrected chi connectivity index (χ2v) is 4.70. The quantitative estimate of drug-likeness (QED) is 0.737. The summed E-state index contributed by atoms with van der Waals surface area (Å²) in [5.41, 5.74) is 7.61. The van der Waals surface area contributed by atoms with E-state index in [4.69, 9.17) is 27.4 Å². The minimum atomic E-state index is 0.357. The van der Waals surface area contributed by atoms with E-state index in [0.29, 0.717) is 4.99 Å². The van der Waals surface area contributed by atoms with Crippen LogP contribution in [0.3, 0.4) is 0 Å². The van der Waals surface area contributed by atoms with Gasteiger partial charge < -0.3 is 15.2 Å². The minimum Gasteiger partial charge on any atom is -0.496 e. The molecule has 0 aliphatic rings. The normalized spacial score (nSPS) is 10.7. The Morgan fingerprint density at radius 2 is 2.11 bits per heavy atom. The summed E-state index contributed by atoms with van der Waals surface area (Å²) in [5, 5.41) is 0. The summed E-state index contributed by atoms with van der Waals surface area (Å²) >= 11 is 5.00. The molecule has 0 saturated heterocycles. The van der Waals surface area contributed by atoms with Gasteiger partial charge in [0.2, 0.25) is 0 Å². The van der Waals surface area contributed by atoms with Gasteiger partial charge in [-0.1, -0.05) is 25.2 Å². The van der Waals surface area contributed by atoms with Crippen LogP contribution in [0, 0.1) is 0 Å². The van der Waals surface area contributed by atoms with Gasteiger partial charge in [-0.25, -0.2) is 0 Å². The lowest BCUT2D eigenvalue weighted by atomic mass is 10.1. The van der Waals surface area contributed by atoms with E-state index in [1.54, 1.807) is 14.2 Å². The topological polar surface area (TPSA) is 47.7 Å². The molecule has 0 amide bonds. The first-order chi connectivity index (χ1) is 9.12. The summed E-state index contributed by atoms with van der Waals surface area (Å²) in [6, 6.07) is 5.94. The molecule has 0 fully saturated rings. The summed E-state index contributed by atoms with van der Waals surface area (Å²) in [7, 11) is 3.34. The SMILES string of the molecule is CCN(CCOC)Cc1ccc(C(N)=S)c(OC)c1. The number of nitrogens with zero attached hydrogens (tertiary/aromatic N) is 1. The molecule has 19 heavy (non-hydrogen) atoms. The van der Waals surface area contributed by atoms with Gasteiger partial charge in [-0.05, 0) is 24.2 Å². The van der Waals surface area contributed by atoms with Gasteiger partial charge in [-0.15, -0.1) is 0 Å². The molecule has 0 aromatic heterocycles. The second kappa shape index (κ2) is 8.09. The summed E-state index contributed by atoms with van der Waals surface area (Å²) in [6.45, 7) is 5.61. The van der Waals surface area contributed by atoms with Crippen molar-refractivity contribution in [2.24, 2.45) is 5.73 Å². The highest BCUT2D eigenvalue weighted by atomic mass is 32.1. The molecule has 2 N–H and O–H groups in total. The van der Waals surface area contributed by atoms with Crippen LogP contribution < -0.4 is 10.5 Å². The molecule has 0 spiro atoms. The van der Waals surface area contributed by atoms with Gasteiger partial charge in [-0.2, -0.15) is 0 Å². The van der Waals surface area contributed by atoms with Crippen LogP contribution in [0.4, 0.5) is 0 Å². The molecule has 1 aromatic carbocycles. The molecule has 0 heterocycles. The number of nitrogens with two attached hydrogens (primary N) is 1. The van der Waals surface area contributed by atoms with Crippen LogP contribution in [-0.4, -0.2) is 43.8 Å². The van der Waals surface area contributed by atoms with Gasteiger partial charge >= 0.3 is 0 Å². The smallest absolute Gasteiger partial charge is 0.129 e. The Hall–Kier alpha value is -1.17. The number of hydrogen-bond acceptors (Lipinski definition) is 4. The average Bonchev–Trinajstić information content (AvgIpc) is 2.42. The van der Waals surface area contributed by atoms with Crippen molar-refractivity contribution in [1.82, 2.24) is 4.90 Å².